The van der Waals surface area contributed by atoms with Gasteiger partial charge in [0.1, 0.15) is 0 Å². The minimum absolute atomic E-state index is 0.183. The summed E-state index contributed by atoms with van der Waals surface area (Å²) in [7, 11) is 0. The van der Waals surface area contributed by atoms with Crippen LogP contribution in [0.2, 0.25) is 0 Å². The van der Waals surface area contributed by atoms with Crippen molar-refractivity contribution >= 4 is 11.5 Å². The third-order valence-electron chi connectivity index (χ3n) is 2.88. The first kappa shape index (κ1) is 15.5. The van der Waals surface area contributed by atoms with Gasteiger partial charge < -0.3 is 5.32 Å². The van der Waals surface area contributed by atoms with Crippen LogP contribution < -0.4 is 5.32 Å². The first-order valence-electron chi connectivity index (χ1n) is 6.81. The predicted molar refractivity (Wildman–Crippen MR) is 85.6 cm³/mol. The molecule has 1 aromatic carbocycles. The second-order valence-corrected chi connectivity index (χ2v) is 6.24. The minimum atomic E-state index is 0.183. The van der Waals surface area contributed by atoms with Gasteiger partial charge in [-0.15, -0.1) is 0 Å². The fourth-order valence-electron chi connectivity index (χ4n) is 1.88. The van der Waals surface area contributed by atoms with Crippen LogP contribution in [-0.4, -0.2) is 11.9 Å². The van der Waals surface area contributed by atoms with E-state index in [-0.39, 0.29) is 5.41 Å². The Morgan fingerprint density at radius 2 is 1.68 bits per heavy atom. The van der Waals surface area contributed by atoms with Gasteiger partial charge in [-0.1, -0.05) is 51.6 Å². The lowest BCUT2D eigenvalue weighted by atomic mass is 9.86. The Bertz CT molecular complexity index is 459. The van der Waals surface area contributed by atoms with Crippen LogP contribution >= 0.6 is 0 Å². The van der Waals surface area contributed by atoms with Gasteiger partial charge in [-0.25, -0.2) is 0 Å². The fraction of sp³-hybridized carbons (Fsp3) is 0.471. The molecule has 1 rings (SSSR count). The highest BCUT2D eigenvalue weighted by molar-refractivity contribution is 5.88. The van der Waals surface area contributed by atoms with E-state index in [2.05, 4.69) is 75.8 Å². The Hall–Kier alpha value is -1.57. The molecule has 2 nitrogen and oxygen atoms in total. The Balaban J connectivity index is 2.79. The smallest absolute Gasteiger partial charge is 0.0978 e. The largest absolute Gasteiger partial charge is 0.344 e. The maximum Gasteiger partial charge on any atom is 0.0978 e. The molecule has 1 N–H and O–H groups in total. The van der Waals surface area contributed by atoms with E-state index in [9.17, 15) is 0 Å². The van der Waals surface area contributed by atoms with Gasteiger partial charge in [-0.2, -0.15) is 0 Å². The van der Waals surface area contributed by atoms with E-state index in [4.69, 9.17) is 0 Å². The molecule has 0 atom stereocenters. The molecule has 0 amide bonds. The number of hydrogen-bond donors (Lipinski definition) is 1. The topological polar surface area (TPSA) is 24.4 Å². The zero-order chi connectivity index (χ0) is 14.6. The Labute approximate surface area is 117 Å². The molecule has 0 aromatic heterocycles. The first-order valence-corrected chi connectivity index (χ1v) is 6.81. The standard InChI is InChI=1S/C17H26N2/c1-12(2)18-14(4)19-13(3)15-8-10-16(11-9-15)17(5,6)7/h8-12H,3H2,1-2,4-7H3,(H,18,19). The van der Waals surface area contributed by atoms with Crippen LogP contribution in [0.4, 0.5) is 0 Å². The second-order valence-electron chi connectivity index (χ2n) is 6.24. The fourth-order valence-corrected chi connectivity index (χ4v) is 1.88. The Morgan fingerprint density at radius 1 is 1.16 bits per heavy atom. The molecular formula is C17H26N2. The quantitative estimate of drug-likeness (QED) is 0.632. The molecule has 19 heavy (non-hydrogen) atoms. The lowest BCUT2D eigenvalue weighted by Crippen LogP contribution is -2.19. The summed E-state index contributed by atoms with van der Waals surface area (Å²) in [5.74, 6) is 0.903. The Morgan fingerprint density at radius 3 is 2.11 bits per heavy atom. The monoisotopic (exact) mass is 258 g/mol. The van der Waals surface area contributed by atoms with Gasteiger partial charge in [0.25, 0.3) is 0 Å². The first-order chi connectivity index (χ1) is 8.70. The number of benzene rings is 1. The molecule has 0 aliphatic carbocycles. The average molecular weight is 258 g/mol. The van der Waals surface area contributed by atoms with Gasteiger partial charge in [0.15, 0.2) is 0 Å². The number of rotatable bonds is 3. The minimum Gasteiger partial charge on any atom is -0.344 e. The van der Waals surface area contributed by atoms with Gasteiger partial charge >= 0.3 is 0 Å². The number of amidine groups is 1. The third-order valence-corrected chi connectivity index (χ3v) is 2.88. The molecule has 0 radical (unpaired) electrons. The predicted octanol–water partition coefficient (Wildman–Crippen LogP) is 4.37. The summed E-state index contributed by atoms with van der Waals surface area (Å²) in [6.45, 7) is 16.8. The highest BCUT2D eigenvalue weighted by Gasteiger charge is 2.13. The van der Waals surface area contributed by atoms with Crippen molar-refractivity contribution in [1.82, 2.24) is 5.32 Å². The second kappa shape index (κ2) is 6.05. The van der Waals surface area contributed by atoms with Crippen molar-refractivity contribution < 1.29 is 0 Å². The molecule has 1 aromatic rings. The van der Waals surface area contributed by atoms with Crippen molar-refractivity contribution in [2.75, 3.05) is 0 Å². The molecule has 0 aliphatic rings. The van der Waals surface area contributed by atoms with Crippen molar-refractivity contribution in [3.8, 4) is 0 Å². The maximum absolute atomic E-state index is 4.44. The van der Waals surface area contributed by atoms with Gasteiger partial charge in [0.2, 0.25) is 0 Å². The van der Waals surface area contributed by atoms with Gasteiger partial charge in [0.05, 0.1) is 5.84 Å². The number of nitrogens with one attached hydrogen (secondary N) is 1. The molecule has 0 aliphatic heterocycles. The lowest BCUT2D eigenvalue weighted by molar-refractivity contribution is 0.590. The van der Waals surface area contributed by atoms with Crippen LogP contribution in [0.1, 0.15) is 52.7 Å². The third kappa shape index (κ3) is 4.90. The zero-order valence-electron chi connectivity index (χ0n) is 13.0. The van der Waals surface area contributed by atoms with Gasteiger partial charge in [-0.05, 0) is 37.3 Å². The molecule has 0 fully saturated rings. The molecule has 0 spiro atoms. The molecule has 0 saturated carbocycles. The molecule has 0 unspecified atom stereocenters. The summed E-state index contributed by atoms with van der Waals surface area (Å²) in [5, 5.41) is 3.24. The normalized spacial score (nSPS) is 12.7. The number of hydrogen-bond acceptors (Lipinski definition) is 1. The Kier molecular flexibility index (Phi) is 4.93. The zero-order valence-corrected chi connectivity index (χ0v) is 13.0. The molecule has 0 heterocycles. The maximum atomic E-state index is 4.44. The highest BCUT2D eigenvalue weighted by atomic mass is 15.0. The van der Waals surface area contributed by atoms with Crippen molar-refractivity contribution in [1.29, 1.82) is 0 Å². The molecule has 0 bridgehead atoms. The van der Waals surface area contributed by atoms with E-state index >= 15 is 0 Å². The van der Waals surface area contributed by atoms with Crippen LogP contribution in [0.3, 0.4) is 0 Å². The van der Waals surface area contributed by atoms with E-state index in [0.717, 1.165) is 17.1 Å². The number of aliphatic imine (C=N–C) groups is 1. The average Bonchev–Trinajstić information content (AvgIpc) is 2.26. The van der Waals surface area contributed by atoms with Crippen molar-refractivity contribution in [2.24, 2.45) is 4.99 Å². The van der Waals surface area contributed by atoms with Gasteiger partial charge in [0, 0.05) is 11.7 Å². The van der Waals surface area contributed by atoms with Crippen LogP contribution in [-0.2, 0) is 5.41 Å². The lowest BCUT2D eigenvalue weighted by Gasteiger charge is -2.19. The SMILES string of the molecule is C=C(NC(C)=NC(C)C)c1ccc(C(C)(C)C)cc1. The van der Waals surface area contributed by atoms with Crippen LogP contribution in [0.5, 0.6) is 0 Å². The van der Waals surface area contributed by atoms with E-state index in [1.54, 1.807) is 0 Å². The molecule has 0 saturated heterocycles. The van der Waals surface area contributed by atoms with E-state index in [1.807, 2.05) is 6.92 Å². The van der Waals surface area contributed by atoms with E-state index in [0.29, 0.717) is 6.04 Å². The summed E-state index contributed by atoms with van der Waals surface area (Å²) in [6, 6.07) is 8.84. The highest BCUT2D eigenvalue weighted by Crippen LogP contribution is 2.23. The van der Waals surface area contributed by atoms with Gasteiger partial charge in [-0.3, -0.25) is 4.99 Å². The summed E-state index contributed by atoms with van der Waals surface area (Å²) < 4.78 is 0. The molecule has 104 valence electrons. The summed E-state index contributed by atoms with van der Waals surface area (Å²) >= 11 is 0. The summed E-state index contributed by atoms with van der Waals surface area (Å²) in [5.41, 5.74) is 3.51. The van der Waals surface area contributed by atoms with Crippen molar-refractivity contribution in [3.05, 3.63) is 42.0 Å². The van der Waals surface area contributed by atoms with Crippen molar-refractivity contribution in [2.45, 2.75) is 53.0 Å². The van der Waals surface area contributed by atoms with Crippen LogP contribution in [0.15, 0.2) is 35.8 Å². The van der Waals surface area contributed by atoms with E-state index in [1.165, 1.54) is 5.56 Å². The summed E-state index contributed by atoms with van der Waals surface area (Å²) in [6.07, 6.45) is 0. The van der Waals surface area contributed by atoms with Crippen molar-refractivity contribution in [3.63, 3.8) is 0 Å². The molecular weight excluding hydrogens is 232 g/mol. The number of nitrogens with zero attached hydrogens (tertiary/aromatic N) is 1. The van der Waals surface area contributed by atoms with Crippen LogP contribution in [0.25, 0.3) is 5.70 Å². The summed E-state index contributed by atoms with van der Waals surface area (Å²) in [4.78, 5) is 4.44. The molecule has 2 heteroatoms. The van der Waals surface area contributed by atoms with E-state index < -0.39 is 0 Å². The van der Waals surface area contributed by atoms with Crippen LogP contribution in [0, 0.1) is 0 Å².